The van der Waals surface area contributed by atoms with E-state index in [1.54, 1.807) is 12.4 Å². The summed E-state index contributed by atoms with van der Waals surface area (Å²) in [5.74, 6) is 0.756. The molecule has 2 heterocycles. The van der Waals surface area contributed by atoms with Gasteiger partial charge < -0.3 is 15.8 Å². The topological polar surface area (TPSA) is 73.1 Å². The first-order chi connectivity index (χ1) is 11.7. The van der Waals surface area contributed by atoms with E-state index in [1.165, 1.54) is 0 Å². The van der Waals surface area contributed by atoms with Gasteiger partial charge in [-0.15, -0.1) is 0 Å². The van der Waals surface area contributed by atoms with Gasteiger partial charge in [-0.05, 0) is 43.0 Å². The summed E-state index contributed by atoms with van der Waals surface area (Å²) in [5.41, 5.74) is 8.14. The summed E-state index contributed by atoms with van der Waals surface area (Å²) in [7, 11) is 0. The van der Waals surface area contributed by atoms with E-state index in [9.17, 15) is 0 Å². The van der Waals surface area contributed by atoms with E-state index >= 15 is 0 Å². The van der Waals surface area contributed by atoms with Crippen molar-refractivity contribution in [2.75, 3.05) is 13.2 Å². The van der Waals surface area contributed by atoms with Crippen molar-refractivity contribution in [2.45, 2.75) is 51.6 Å². The van der Waals surface area contributed by atoms with E-state index in [-0.39, 0.29) is 17.0 Å². The fourth-order valence-corrected chi connectivity index (χ4v) is 2.38. The lowest BCUT2D eigenvalue weighted by atomic mass is 9.88. The summed E-state index contributed by atoms with van der Waals surface area (Å²) >= 11 is 0. The van der Waals surface area contributed by atoms with E-state index in [4.69, 9.17) is 10.5 Å². The molecule has 1 atom stereocenters. The first-order valence-corrected chi connectivity index (χ1v) is 8.69. The van der Waals surface area contributed by atoms with Crippen LogP contribution in [0, 0.1) is 0 Å². The normalized spacial score (nSPS) is 13.5. The molecule has 2 rings (SSSR count). The number of hydrogen-bond acceptors (Lipinski definition) is 5. The van der Waals surface area contributed by atoms with Crippen LogP contribution >= 0.6 is 0 Å². The molecule has 5 heteroatoms. The highest BCUT2D eigenvalue weighted by atomic mass is 16.5. The van der Waals surface area contributed by atoms with E-state index < -0.39 is 0 Å². The van der Waals surface area contributed by atoms with Gasteiger partial charge in [-0.3, -0.25) is 9.97 Å². The van der Waals surface area contributed by atoms with Crippen LogP contribution in [0.4, 0.5) is 0 Å². The maximum Gasteiger partial charge on any atom is 0.137 e. The summed E-state index contributed by atoms with van der Waals surface area (Å²) in [5, 5.41) is 3.46. The fourth-order valence-electron chi connectivity index (χ4n) is 2.38. The van der Waals surface area contributed by atoms with Crippen LogP contribution in [0.5, 0.6) is 5.75 Å². The number of rotatable bonds is 7. The van der Waals surface area contributed by atoms with E-state index in [1.807, 2.05) is 30.5 Å². The molecule has 2 aromatic rings. The minimum atomic E-state index is -0.243. The minimum Gasteiger partial charge on any atom is -0.490 e. The number of nitrogens with zero attached hydrogens (tertiary/aromatic N) is 2. The molecule has 3 N–H and O–H groups in total. The molecule has 0 spiro atoms. The minimum absolute atomic E-state index is 0.0444. The summed E-state index contributed by atoms with van der Waals surface area (Å²) in [4.78, 5) is 8.68. The molecule has 0 aliphatic heterocycles. The Bertz CT molecular complexity index is 665. The van der Waals surface area contributed by atoms with Crippen LogP contribution in [0.2, 0.25) is 0 Å². The van der Waals surface area contributed by atoms with E-state index in [2.05, 4.69) is 49.9 Å². The van der Waals surface area contributed by atoms with Gasteiger partial charge in [0.25, 0.3) is 0 Å². The Morgan fingerprint density at radius 2 is 1.92 bits per heavy atom. The summed E-state index contributed by atoms with van der Waals surface area (Å²) in [6.45, 7) is 11.7. The van der Waals surface area contributed by atoms with Crippen LogP contribution in [0.25, 0.3) is 0 Å². The second-order valence-electron chi connectivity index (χ2n) is 7.95. The van der Waals surface area contributed by atoms with Gasteiger partial charge >= 0.3 is 0 Å². The van der Waals surface area contributed by atoms with Crippen LogP contribution in [0.1, 0.15) is 45.9 Å². The van der Waals surface area contributed by atoms with Crippen LogP contribution < -0.4 is 15.8 Å². The molecular formula is C20H30N4O. The van der Waals surface area contributed by atoms with Gasteiger partial charge in [0.2, 0.25) is 0 Å². The highest BCUT2D eigenvalue weighted by Gasteiger charge is 2.22. The van der Waals surface area contributed by atoms with Gasteiger partial charge in [0.15, 0.2) is 0 Å². The van der Waals surface area contributed by atoms with Crippen molar-refractivity contribution in [1.29, 1.82) is 0 Å². The lowest BCUT2D eigenvalue weighted by Crippen LogP contribution is -2.46. The Morgan fingerprint density at radius 1 is 1.16 bits per heavy atom. The molecule has 0 aliphatic carbocycles. The quantitative estimate of drug-likeness (QED) is 0.809. The molecule has 0 bridgehead atoms. The van der Waals surface area contributed by atoms with Crippen molar-refractivity contribution >= 4 is 0 Å². The Labute approximate surface area is 151 Å². The zero-order valence-corrected chi connectivity index (χ0v) is 15.9. The van der Waals surface area contributed by atoms with Crippen molar-refractivity contribution in [3.05, 3.63) is 54.1 Å². The zero-order chi connectivity index (χ0) is 18.5. The molecule has 25 heavy (non-hydrogen) atoms. The third-order valence-electron chi connectivity index (χ3n) is 4.15. The maximum atomic E-state index is 6.20. The van der Waals surface area contributed by atoms with Gasteiger partial charge in [0, 0.05) is 18.9 Å². The van der Waals surface area contributed by atoms with Crippen molar-refractivity contribution in [1.82, 2.24) is 15.3 Å². The smallest absolute Gasteiger partial charge is 0.137 e. The molecule has 0 saturated carbocycles. The van der Waals surface area contributed by atoms with Gasteiger partial charge in [0.1, 0.15) is 12.4 Å². The van der Waals surface area contributed by atoms with Gasteiger partial charge in [-0.25, -0.2) is 0 Å². The lowest BCUT2D eigenvalue weighted by Gasteiger charge is -2.27. The largest absolute Gasteiger partial charge is 0.490 e. The summed E-state index contributed by atoms with van der Waals surface area (Å²) in [6.07, 6.45) is 5.41. The molecule has 0 unspecified atom stereocenters. The summed E-state index contributed by atoms with van der Waals surface area (Å²) < 4.78 is 5.83. The highest BCUT2D eigenvalue weighted by molar-refractivity contribution is 5.28. The molecule has 0 aromatic carbocycles. The van der Waals surface area contributed by atoms with E-state index in [0.29, 0.717) is 13.2 Å². The predicted molar refractivity (Wildman–Crippen MR) is 102 cm³/mol. The molecule has 0 amide bonds. The average Bonchev–Trinajstić information content (AvgIpc) is 2.58. The molecule has 0 saturated heterocycles. The van der Waals surface area contributed by atoms with Crippen LogP contribution in [-0.4, -0.2) is 29.2 Å². The molecule has 0 aliphatic rings. The second-order valence-corrected chi connectivity index (χ2v) is 7.95. The Hall–Kier alpha value is -1.98. The van der Waals surface area contributed by atoms with Crippen molar-refractivity contribution in [2.24, 2.45) is 5.73 Å². The van der Waals surface area contributed by atoms with Gasteiger partial charge in [-0.1, -0.05) is 26.8 Å². The first-order valence-electron chi connectivity index (χ1n) is 8.69. The SMILES string of the molecule is CC(C)(C)c1cncc(OC[C@@H](N)CNC(C)(C)c2ccccn2)c1. The molecule has 2 aromatic heterocycles. The van der Waals surface area contributed by atoms with Gasteiger partial charge in [-0.2, -0.15) is 0 Å². The van der Waals surface area contributed by atoms with Crippen LogP contribution in [0.15, 0.2) is 42.9 Å². The molecule has 136 valence electrons. The van der Waals surface area contributed by atoms with Crippen molar-refractivity contribution < 1.29 is 4.74 Å². The maximum absolute atomic E-state index is 6.20. The monoisotopic (exact) mass is 342 g/mol. The molecule has 5 nitrogen and oxygen atoms in total. The van der Waals surface area contributed by atoms with Gasteiger partial charge in [0.05, 0.1) is 23.5 Å². The van der Waals surface area contributed by atoms with Crippen LogP contribution in [0.3, 0.4) is 0 Å². The molecular weight excluding hydrogens is 312 g/mol. The lowest BCUT2D eigenvalue weighted by molar-refractivity contribution is 0.268. The average molecular weight is 342 g/mol. The van der Waals surface area contributed by atoms with Crippen molar-refractivity contribution in [3.63, 3.8) is 0 Å². The second kappa shape index (κ2) is 7.93. The van der Waals surface area contributed by atoms with E-state index in [0.717, 1.165) is 17.0 Å². The third-order valence-corrected chi connectivity index (χ3v) is 4.15. The third kappa shape index (κ3) is 5.80. The Balaban J connectivity index is 1.86. The fraction of sp³-hybridized carbons (Fsp3) is 0.500. The Kier molecular flexibility index (Phi) is 6.14. The predicted octanol–water partition coefficient (Wildman–Crippen LogP) is 3.01. The number of aromatic nitrogens is 2. The first kappa shape index (κ1) is 19.3. The molecule has 0 fully saturated rings. The number of nitrogens with two attached hydrogens (primary N) is 1. The molecule has 0 radical (unpaired) electrons. The highest BCUT2D eigenvalue weighted by Crippen LogP contribution is 2.24. The van der Waals surface area contributed by atoms with Crippen LogP contribution in [-0.2, 0) is 11.0 Å². The number of ether oxygens (including phenoxy) is 1. The Morgan fingerprint density at radius 3 is 2.56 bits per heavy atom. The van der Waals surface area contributed by atoms with Crippen molar-refractivity contribution in [3.8, 4) is 5.75 Å². The zero-order valence-electron chi connectivity index (χ0n) is 15.9. The number of hydrogen-bond donors (Lipinski definition) is 2. The number of pyridine rings is 2. The number of nitrogens with one attached hydrogen (secondary N) is 1. The standard InChI is InChI=1S/C20H30N4O/c1-19(2,3)15-10-17(13-22-11-15)25-14-16(21)12-24-20(4,5)18-8-6-7-9-23-18/h6-11,13,16,24H,12,14,21H2,1-5H3/t16-/m0/s1. The summed E-state index contributed by atoms with van der Waals surface area (Å²) in [6, 6.07) is 7.83.